The second-order valence-corrected chi connectivity index (χ2v) is 10.9. The van der Waals surface area contributed by atoms with Gasteiger partial charge >= 0.3 is 0 Å². The first-order valence-corrected chi connectivity index (χ1v) is 12.6. The molecule has 0 radical (unpaired) electrons. The molecule has 1 amide bonds. The molecule has 1 aliphatic rings. The third-order valence-electron chi connectivity index (χ3n) is 5.49. The second kappa shape index (κ2) is 9.09. The number of sulfonamides is 1. The van der Waals surface area contributed by atoms with Crippen LogP contribution in [-0.4, -0.2) is 54.7 Å². The summed E-state index contributed by atoms with van der Waals surface area (Å²) in [7, 11) is -3.58. The van der Waals surface area contributed by atoms with E-state index in [0.717, 1.165) is 16.1 Å². The van der Waals surface area contributed by atoms with Crippen molar-refractivity contribution in [2.45, 2.75) is 25.2 Å². The van der Waals surface area contributed by atoms with Gasteiger partial charge in [0, 0.05) is 32.6 Å². The van der Waals surface area contributed by atoms with E-state index in [1.54, 1.807) is 48.2 Å². The third kappa shape index (κ3) is 4.74. The summed E-state index contributed by atoms with van der Waals surface area (Å²) in [5.41, 5.74) is 2.58. The second-order valence-electron chi connectivity index (χ2n) is 7.83. The molecule has 0 spiro atoms. The van der Waals surface area contributed by atoms with E-state index in [0.29, 0.717) is 30.1 Å². The molecule has 32 heavy (non-hydrogen) atoms. The molecular weight excluding hydrogens is 449 g/mol. The number of carbonyl (C=O) groups excluding carboxylic acids is 1. The van der Waals surface area contributed by atoms with E-state index in [1.807, 2.05) is 6.92 Å². The maximum absolute atomic E-state index is 13.1. The number of aryl methyl sites for hydroxylation is 2. The predicted octanol–water partition coefficient (Wildman–Crippen LogP) is 3.64. The smallest absolute Gasteiger partial charge is 0.265 e. The normalized spacial score (nSPS) is 15.2. The van der Waals surface area contributed by atoms with Gasteiger partial charge in [-0.05, 0) is 43.7 Å². The zero-order chi connectivity index (χ0) is 22.9. The molecule has 1 fully saturated rings. The Bertz CT molecular complexity index is 1210. The monoisotopic (exact) mass is 473 g/mol. The summed E-state index contributed by atoms with van der Waals surface area (Å²) in [4.78, 5) is 20.1. The van der Waals surface area contributed by atoms with Gasteiger partial charge in [-0.3, -0.25) is 4.79 Å². The fourth-order valence-electron chi connectivity index (χ4n) is 3.64. The van der Waals surface area contributed by atoms with Gasteiger partial charge in [0.05, 0.1) is 15.6 Å². The topological polar surface area (TPSA) is 70.6 Å². The zero-order valence-corrected chi connectivity index (χ0v) is 19.5. The molecule has 3 aromatic rings. The van der Waals surface area contributed by atoms with Crippen LogP contribution in [-0.2, 0) is 16.4 Å². The van der Waals surface area contributed by atoms with Crippen molar-refractivity contribution >= 4 is 27.3 Å². The minimum Gasteiger partial charge on any atom is -0.335 e. The lowest BCUT2D eigenvalue weighted by atomic mass is 10.1. The quantitative estimate of drug-likeness (QED) is 0.567. The summed E-state index contributed by atoms with van der Waals surface area (Å²) >= 11 is 1.34. The highest BCUT2D eigenvalue weighted by Crippen LogP contribution is 2.24. The number of thiazole rings is 1. The van der Waals surface area contributed by atoms with E-state index in [1.165, 1.54) is 27.8 Å². The lowest BCUT2D eigenvalue weighted by Crippen LogP contribution is -2.50. The fourth-order valence-corrected chi connectivity index (χ4v) is 6.13. The maximum atomic E-state index is 13.1. The first-order chi connectivity index (χ1) is 15.2. The number of nitrogens with zero attached hydrogens (tertiary/aromatic N) is 3. The Balaban J connectivity index is 1.41. The van der Waals surface area contributed by atoms with Gasteiger partial charge in [0.1, 0.15) is 10.7 Å². The summed E-state index contributed by atoms with van der Waals surface area (Å²) in [6.07, 6.45) is 0.529. The number of piperazine rings is 1. The third-order valence-corrected chi connectivity index (χ3v) is 8.55. The molecule has 0 saturated carbocycles. The molecule has 0 aliphatic carbocycles. The largest absolute Gasteiger partial charge is 0.335 e. The minimum atomic E-state index is -3.58. The summed E-state index contributed by atoms with van der Waals surface area (Å²) in [6.45, 7) is 4.87. The highest BCUT2D eigenvalue weighted by Gasteiger charge is 2.31. The van der Waals surface area contributed by atoms with Gasteiger partial charge in [0.25, 0.3) is 5.91 Å². The van der Waals surface area contributed by atoms with Gasteiger partial charge in [-0.1, -0.05) is 29.8 Å². The van der Waals surface area contributed by atoms with E-state index in [-0.39, 0.29) is 29.7 Å². The van der Waals surface area contributed by atoms with Gasteiger partial charge in [-0.2, -0.15) is 4.31 Å². The van der Waals surface area contributed by atoms with Crippen molar-refractivity contribution in [3.8, 4) is 0 Å². The molecule has 2 aromatic carbocycles. The predicted molar refractivity (Wildman–Crippen MR) is 122 cm³/mol. The molecule has 4 rings (SSSR count). The van der Waals surface area contributed by atoms with Gasteiger partial charge in [0.15, 0.2) is 0 Å². The maximum Gasteiger partial charge on any atom is 0.265 e. The SMILES string of the molecule is Cc1ccc(S(=O)(=O)N2CCN(C(=O)c3sc(Cc4ccc(F)cc4)nc3C)CC2)cc1. The molecule has 6 nitrogen and oxygen atoms in total. The molecule has 0 bridgehead atoms. The standard InChI is InChI=1S/C23H24FN3O3S2/c1-16-3-9-20(10-4-16)32(29,30)27-13-11-26(12-14-27)23(28)22-17(2)25-21(31-22)15-18-5-7-19(24)8-6-18/h3-10H,11-15H2,1-2H3. The molecule has 0 unspecified atom stereocenters. The van der Waals surface area contributed by atoms with Crippen LogP contribution < -0.4 is 0 Å². The molecule has 2 heterocycles. The number of aromatic nitrogens is 1. The first kappa shape index (κ1) is 22.6. The fraction of sp³-hybridized carbons (Fsp3) is 0.304. The number of hydrogen-bond acceptors (Lipinski definition) is 5. The Hall–Kier alpha value is -2.62. The molecule has 1 aromatic heterocycles. The summed E-state index contributed by atoms with van der Waals surface area (Å²) in [5, 5.41) is 0.790. The molecule has 9 heteroatoms. The van der Waals surface area contributed by atoms with Crippen LogP contribution in [0, 0.1) is 19.7 Å². The van der Waals surface area contributed by atoms with Gasteiger partial charge in [0.2, 0.25) is 10.0 Å². The Labute approximate surface area is 191 Å². The van der Waals surface area contributed by atoms with Crippen LogP contribution in [0.15, 0.2) is 53.4 Å². The van der Waals surface area contributed by atoms with Crippen LogP contribution in [0.25, 0.3) is 0 Å². The average Bonchev–Trinajstić information content (AvgIpc) is 3.15. The summed E-state index contributed by atoms with van der Waals surface area (Å²) < 4.78 is 40.3. The van der Waals surface area contributed by atoms with Crippen molar-refractivity contribution in [3.05, 3.63) is 81.1 Å². The van der Waals surface area contributed by atoms with E-state index >= 15 is 0 Å². The molecule has 168 valence electrons. The number of benzene rings is 2. The van der Waals surface area contributed by atoms with E-state index in [2.05, 4.69) is 4.98 Å². The number of carbonyl (C=O) groups is 1. The molecular formula is C23H24FN3O3S2. The van der Waals surface area contributed by atoms with Crippen LogP contribution in [0.5, 0.6) is 0 Å². The lowest BCUT2D eigenvalue weighted by Gasteiger charge is -2.33. The lowest BCUT2D eigenvalue weighted by molar-refractivity contribution is 0.0702. The van der Waals surface area contributed by atoms with E-state index in [4.69, 9.17) is 0 Å². The minimum absolute atomic E-state index is 0.127. The number of halogens is 1. The molecule has 1 aliphatic heterocycles. The van der Waals surface area contributed by atoms with Crippen molar-refractivity contribution < 1.29 is 17.6 Å². The zero-order valence-electron chi connectivity index (χ0n) is 17.9. The van der Waals surface area contributed by atoms with Crippen LogP contribution in [0.2, 0.25) is 0 Å². The van der Waals surface area contributed by atoms with E-state index < -0.39 is 10.0 Å². The van der Waals surface area contributed by atoms with Crippen molar-refractivity contribution in [3.63, 3.8) is 0 Å². The van der Waals surface area contributed by atoms with Gasteiger partial charge < -0.3 is 4.90 Å². The van der Waals surface area contributed by atoms with Crippen molar-refractivity contribution in [1.82, 2.24) is 14.2 Å². The van der Waals surface area contributed by atoms with Crippen LogP contribution in [0.3, 0.4) is 0 Å². The molecule has 1 saturated heterocycles. The Morgan fingerprint density at radius 3 is 2.25 bits per heavy atom. The highest BCUT2D eigenvalue weighted by atomic mass is 32.2. The van der Waals surface area contributed by atoms with Crippen molar-refractivity contribution in [2.75, 3.05) is 26.2 Å². The Morgan fingerprint density at radius 1 is 1.00 bits per heavy atom. The van der Waals surface area contributed by atoms with Crippen molar-refractivity contribution in [2.24, 2.45) is 0 Å². The average molecular weight is 474 g/mol. The highest BCUT2D eigenvalue weighted by molar-refractivity contribution is 7.89. The molecule has 0 atom stereocenters. The number of hydrogen-bond donors (Lipinski definition) is 0. The molecule has 0 N–H and O–H groups in total. The number of amides is 1. The van der Waals surface area contributed by atoms with Crippen LogP contribution in [0.1, 0.15) is 31.5 Å². The summed E-state index contributed by atoms with van der Waals surface area (Å²) in [5.74, 6) is -0.416. The Kier molecular flexibility index (Phi) is 6.41. The van der Waals surface area contributed by atoms with Gasteiger partial charge in [-0.25, -0.2) is 17.8 Å². The van der Waals surface area contributed by atoms with Crippen molar-refractivity contribution in [1.29, 1.82) is 0 Å². The Morgan fingerprint density at radius 2 is 1.62 bits per heavy atom. The first-order valence-electron chi connectivity index (χ1n) is 10.3. The number of rotatable bonds is 5. The summed E-state index contributed by atoms with van der Waals surface area (Å²) in [6, 6.07) is 13.0. The van der Waals surface area contributed by atoms with Crippen LogP contribution >= 0.6 is 11.3 Å². The van der Waals surface area contributed by atoms with Crippen LogP contribution in [0.4, 0.5) is 4.39 Å². The van der Waals surface area contributed by atoms with E-state index in [9.17, 15) is 17.6 Å². The van der Waals surface area contributed by atoms with Gasteiger partial charge in [-0.15, -0.1) is 11.3 Å².